The zero-order valence-corrected chi connectivity index (χ0v) is 7.38. The van der Waals surface area contributed by atoms with E-state index in [1.807, 2.05) is 0 Å². The fraction of sp³-hybridized carbons (Fsp3) is 0.125. The topological polar surface area (TPSA) is 54.4 Å². The van der Waals surface area contributed by atoms with Crippen molar-refractivity contribution >= 4 is 17.4 Å². The van der Waals surface area contributed by atoms with Crippen molar-refractivity contribution in [3.8, 4) is 0 Å². The van der Waals surface area contributed by atoms with Crippen LogP contribution in [0.2, 0.25) is 0 Å². The fourth-order valence-electron chi connectivity index (χ4n) is 0.899. The molecule has 1 N–H and O–H groups in total. The molecule has 0 radical (unpaired) electrons. The normalized spacial score (nSPS) is 12.5. The second-order valence-electron chi connectivity index (χ2n) is 2.44. The third-order valence-electron chi connectivity index (χ3n) is 1.48. The van der Waals surface area contributed by atoms with Crippen LogP contribution in [0.3, 0.4) is 0 Å². The molecule has 0 spiro atoms. The van der Waals surface area contributed by atoms with Crippen molar-refractivity contribution in [2.24, 2.45) is 0 Å². The average Bonchev–Trinajstić information content (AvgIpc) is 2.03. The van der Waals surface area contributed by atoms with E-state index in [4.69, 9.17) is 4.55 Å². The van der Waals surface area contributed by atoms with Gasteiger partial charge >= 0.3 is 0 Å². The van der Waals surface area contributed by atoms with Crippen LogP contribution in [0.5, 0.6) is 0 Å². The molecule has 1 unspecified atom stereocenters. The minimum absolute atomic E-state index is 0.0486. The van der Waals surface area contributed by atoms with Crippen molar-refractivity contribution in [1.82, 2.24) is 0 Å². The van der Waals surface area contributed by atoms with Crippen molar-refractivity contribution in [3.63, 3.8) is 0 Å². The number of rotatable bonds is 3. The van der Waals surface area contributed by atoms with E-state index in [2.05, 4.69) is 0 Å². The van der Waals surface area contributed by atoms with Crippen molar-refractivity contribution in [2.75, 3.05) is 0 Å². The van der Waals surface area contributed by atoms with E-state index in [0.717, 1.165) is 6.07 Å². The van der Waals surface area contributed by atoms with E-state index in [1.54, 1.807) is 0 Å². The van der Waals surface area contributed by atoms with E-state index in [0.29, 0.717) is 11.8 Å². The van der Waals surface area contributed by atoms with Gasteiger partial charge in [0.1, 0.15) is 5.82 Å². The lowest BCUT2D eigenvalue weighted by molar-refractivity contribution is 0.112. The highest BCUT2D eigenvalue weighted by Crippen LogP contribution is 2.09. The lowest BCUT2D eigenvalue weighted by atomic mass is 10.1. The summed E-state index contributed by atoms with van der Waals surface area (Å²) < 4.78 is 31.7. The summed E-state index contributed by atoms with van der Waals surface area (Å²) >= 11 is -1.99. The third-order valence-corrected chi connectivity index (χ3v) is 2.06. The second-order valence-corrected chi connectivity index (χ2v) is 3.37. The highest BCUT2D eigenvalue weighted by molar-refractivity contribution is 7.78. The molecule has 1 rings (SSSR count). The predicted molar refractivity (Wildman–Crippen MR) is 46.3 cm³/mol. The van der Waals surface area contributed by atoms with Gasteiger partial charge in [-0.25, -0.2) is 8.60 Å². The summed E-state index contributed by atoms with van der Waals surface area (Å²) in [6.45, 7) is 0. The molecule has 5 heteroatoms. The zero-order valence-electron chi connectivity index (χ0n) is 6.57. The molecule has 0 fully saturated rings. The van der Waals surface area contributed by atoms with Crippen LogP contribution < -0.4 is 0 Å². The van der Waals surface area contributed by atoms with Gasteiger partial charge in [0.2, 0.25) is 0 Å². The Morgan fingerprint density at radius 3 is 2.69 bits per heavy atom. The van der Waals surface area contributed by atoms with Crippen molar-refractivity contribution in [1.29, 1.82) is 0 Å². The van der Waals surface area contributed by atoms with Crippen molar-refractivity contribution in [2.45, 2.75) is 5.75 Å². The predicted octanol–water partition coefficient (Wildman–Crippen LogP) is 1.36. The van der Waals surface area contributed by atoms with Crippen LogP contribution in [0.15, 0.2) is 18.2 Å². The summed E-state index contributed by atoms with van der Waals surface area (Å²) in [5.41, 5.74) is 0.344. The van der Waals surface area contributed by atoms with Gasteiger partial charge in [-0.2, -0.15) is 0 Å². The Bertz CT molecular complexity index is 351. The molecule has 0 amide bonds. The van der Waals surface area contributed by atoms with Crippen LogP contribution in [-0.2, 0) is 16.8 Å². The van der Waals surface area contributed by atoms with Crippen LogP contribution in [-0.4, -0.2) is 15.0 Å². The molecular formula is C8H7FO3S. The van der Waals surface area contributed by atoms with Crippen LogP contribution in [0, 0.1) is 5.82 Å². The summed E-state index contributed by atoms with van der Waals surface area (Å²) in [4.78, 5) is 10.2. The number of hydrogen-bond acceptors (Lipinski definition) is 2. The van der Waals surface area contributed by atoms with Crippen molar-refractivity contribution < 1.29 is 17.9 Å². The van der Waals surface area contributed by atoms with Crippen LogP contribution in [0.1, 0.15) is 15.9 Å². The van der Waals surface area contributed by atoms with E-state index in [-0.39, 0.29) is 11.3 Å². The molecule has 13 heavy (non-hydrogen) atoms. The van der Waals surface area contributed by atoms with Gasteiger partial charge in [-0.1, -0.05) is 6.07 Å². The summed E-state index contributed by atoms with van der Waals surface area (Å²) in [5, 5.41) is 0. The number of hydrogen-bond donors (Lipinski definition) is 1. The Kier molecular flexibility index (Phi) is 3.27. The van der Waals surface area contributed by atoms with Gasteiger partial charge in [0.25, 0.3) is 0 Å². The number of aldehydes is 1. The summed E-state index contributed by atoms with van der Waals surface area (Å²) in [7, 11) is 0. The maximum absolute atomic E-state index is 12.9. The largest absolute Gasteiger partial charge is 0.306 e. The molecule has 0 aliphatic heterocycles. The molecule has 1 atom stereocenters. The highest BCUT2D eigenvalue weighted by Gasteiger charge is 2.03. The molecule has 0 aliphatic rings. The molecule has 0 heterocycles. The van der Waals surface area contributed by atoms with E-state index >= 15 is 0 Å². The molecule has 0 aromatic heterocycles. The molecule has 3 nitrogen and oxygen atoms in total. The lowest BCUT2D eigenvalue weighted by Crippen LogP contribution is -1.95. The monoisotopic (exact) mass is 202 g/mol. The molecule has 1 aromatic carbocycles. The first kappa shape index (κ1) is 10.0. The first-order valence-corrected chi connectivity index (χ1v) is 4.72. The SMILES string of the molecule is O=Cc1ccc(CS(=O)O)cc1F. The molecule has 70 valence electrons. The Balaban J connectivity index is 2.95. The van der Waals surface area contributed by atoms with Gasteiger partial charge in [-0.05, 0) is 17.7 Å². The molecule has 1 aromatic rings. The van der Waals surface area contributed by atoms with Gasteiger partial charge in [-0.3, -0.25) is 4.79 Å². The lowest BCUT2D eigenvalue weighted by Gasteiger charge is -1.98. The van der Waals surface area contributed by atoms with Crippen LogP contribution in [0.25, 0.3) is 0 Å². The summed E-state index contributed by atoms with van der Waals surface area (Å²) in [5.74, 6) is -0.797. The number of benzene rings is 1. The molecular weight excluding hydrogens is 195 g/mol. The Hall–Kier alpha value is -1.07. The van der Waals surface area contributed by atoms with E-state index < -0.39 is 16.9 Å². The smallest absolute Gasteiger partial charge is 0.157 e. The molecule has 0 aliphatic carbocycles. The maximum Gasteiger partial charge on any atom is 0.157 e. The van der Waals surface area contributed by atoms with Gasteiger partial charge in [0, 0.05) is 0 Å². The number of carbonyl (C=O) groups is 1. The van der Waals surface area contributed by atoms with Gasteiger partial charge in [0.15, 0.2) is 17.4 Å². The van der Waals surface area contributed by atoms with E-state index in [9.17, 15) is 13.4 Å². The van der Waals surface area contributed by atoms with Crippen LogP contribution >= 0.6 is 0 Å². The minimum Gasteiger partial charge on any atom is -0.306 e. The van der Waals surface area contributed by atoms with E-state index in [1.165, 1.54) is 12.1 Å². The Morgan fingerprint density at radius 2 is 2.23 bits per heavy atom. The average molecular weight is 202 g/mol. The summed E-state index contributed by atoms with van der Waals surface area (Å²) in [6, 6.07) is 3.81. The first-order valence-electron chi connectivity index (χ1n) is 3.44. The van der Waals surface area contributed by atoms with Gasteiger partial charge in [-0.15, -0.1) is 0 Å². The van der Waals surface area contributed by atoms with Gasteiger partial charge in [0.05, 0.1) is 11.3 Å². The standard InChI is InChI=1S/C8H7FO3S/c9-8-3-6(5-13(11)12)1-2-7(8)4-10/h1-4H,5H2,(H,11,12). The molecule has 0 saturated heterocycles. The number of carbonyl (C=O) groups excluding carboxylic acids is 1. The van der Waals surface area contributed by atoms with Gasteiger partial charge < -0.3 is 4.55 Å². The highest BCUT2D eigenvalue weighted by atomic mass is 32.2. The Labute approximate surface area is 76.9 Å². The second kappa shape index (κ2) is 4.25. The quantitative estimate of drug-likeness (QED) is 0.594. The van der Waals surface area contributed by atoms with Crippen LogP contribution in [0.4, 0.5) is 4.39 Å². The fourth-order valence-corrected chi connectivity index (χ4v) is 1.36. The number of halogens is 1. The maximum atomic E-state index is 12.9. The minimum atomic E-state index is -1.99. The Morgan fingerprint density at radius 1 is 1.54 bits per heavy atom. The summed E-state index contributed by atoms with van der Waals surface area (Å²) in [6.07, 6.45) is 0.398. The zero-order chi connectivity index (χ0) is 9.84. The first-order chi connectivity index (χ1) is 6.13. The molecule has 0 bridgehead atoms. The van der Waals surface area contributed by atoms with Crippen molar-refractivity contribution in [3.05, 3.63) is 35.1 Å². The molecule has 0 saturated carbocycles. The third kappa shape index (κ3) is 2.71.